The Morgan fingerprint density at radius 1 is 1.21 bits per heavy atom. The van der Waals surface area contributed by atoms with Crippen LogP contribution in [0.4, 0.5) is 13.2 Å². The van der Waals surface area contributed by atoms with Crippen molar-refractivity contribution in [1.29, 1.82) is 0 Å². The molecule has 3 aromatic heterocycles. The van der Waals surface area contributed by atoms with Gasteiger partial charge in [-0.25, -0.2) is 9.50 Å². The Balaban J connectivity index is 1.74. The second-order valence-corrected chi connectivity index (χ2v) is 7.18. The maximum absolute atomic E-state index is 13.5. The predicted molar refractivity (Wildman–Crippen MR) is 98.7 cm³/mol. The summed E-state index contributed by atoms with van der Waals surface area (Å²) in [5.74, 6) is 0. The normalized spacial score (nSPS) is 19.4. The number of likely N-dealkylation sites (tertiary alicyclic amines) is 1. The Hall–Kier alpha value is -2.48. The van der Waals surface area contributed by atoms with Gasteiger partial charge >= 0.3 is 6.18 Å². The summed E-state index contributed by atoms with van der Waals surface area (Å²) in [4.78, 5) is 10.7. The molecule has 8 heteroatoms. The molecule has 0 unspecified atom stereocenters. The van der Waals surface area contributed by atoms with Gasteiger partial charge in [-0.3, -0.25) is 9.88 Å². The van der Waals surface area contributed by atoms with Crippen molar-refractivity contribution < 1.29 is 13.2 Å². The van der Waals surface area contributed by atoms with E-state index in [0.29, 0.717) is 17.8 Å². The lowest BCUT2D eigenvalue weighted by atomic mass is 10.1. The van der Waals surface area contributed by atoms with Crippen LogP contribution in [0.5, 0.6) is 0 Å². The molecule has 0 aliphatic carbocycles. The van der Waals surface area contributed by atoms with Crippen LogP contribution in [0.3, 0.4) is 0 Å². The number of nitrogens with zero attached hydrogens (tertiary/aromatic N) is 5. The van der Waals surface area contributed by atoms with Gasteiger partial charge in [0.2, 0.25) is 0 Å². The smallest absolute Gasteiger partial charge is 0.288 e. The van der Waals surface area contributed by atoms with Crippen LogP contribution in [0.2, 0.25) is 0 Å². The first-order valence-corrected chi connectivity index (χ1v) is 9.51. The van der Waals surface area contributed by atoms with Crippen molar-refractivity contribution in [2.45, 2.75) is 51.4 Å². The first-order chi connectivity index (χ1) is 13.4. The number of fused-ring (bicyclic) bond motifs is 1. The maximum atomic E-state index is 13.5. The van der Waals surface area contributed by atoms with E-state index in [0.717, 1.165) is 35.5 Å². The highest BCUT2D eigenvalue weighted by Gasteiger charge is 2.37. The van der Waals surface area contributed by atoms with Gasteiger partial charge < -0.3 is 0 Å². The number of rotatable bonds is 4. The van der Waals surface area contributed by atoms with Gasteiger partial charge in [-0.15, -0.1) is 0 Å². The summed E-state index contributed by atoms with van der Waals surface area (Å²) < 4.78 is 41.6. The molecule has 5 nitrogen and oxygen atoms in total. The lowest BCUT2D eigenvalue weighted by Gasteiger charge is -2.30. The largest absolute Gasteiger partial charge is 0.433 e. The minimum atomic E-state index is -4.48. The third kappa shape index (κ3) is 3.37. The molecule has 2 atom stereocenters. The van der Waals surface area contributed by atoms with Crippen LogP contribution in [0.25, 0.3) is 5.65 Å². The zero-order valence-corrected chi connectivity index (χ0v) is 15.8. The molecule has 4 rings (SSSR count). The van der Waals surface area contributed by atoms with E-state index in [1.807, 2.05) is 12.1 Å². The molecule has 0 amide bonds. The van der Waals surface area contributed by atoms with Gasteiger partial charge in [0, 0.05) is 30.2 Å². The second-order valence-electron chi connectivity index (χ2n) is 7.18. The Bertz CT molecular complexity index is 967. The summed E-state index contributed by atoms with van der Waals surface area (Å²) in [6.45, 7) is 4.78. The van der Waals surface area contributed by atoms with E-state index in [9.17, 15) is 13.2 Å². The molecule has 1 aliphatic heterocycles. The summed E-state index contributed by atoms with van der Waals surface area (Å²) in [5, 5.41) is 4.34. The molecule has 0 saturated carbocycles. The fourth-order valence-corrected chi connectivity index (χ4v) is 3.99. The molecule has 0 aromatic carbocycles. The predicted octanol–water partition coefficient (Wildman–Crippen LogP) is 4.60. The highest BCUT2D eigenvalue weighted by atomic mass is 19.4. The first kappa shape index (κ1) is 18.9. The minimum absolute atomic E-state index is 0.0315. The summed E-state index contributed by atoms with van der Waals surface area (Å²) in [5.41, 5.74) is 1.68. The summed E-state index contributed by atoms with van der Waals surface area (Å²) in [7, 11) is 0. The van der Waals surface area contributed by atoms with E-state index in [1.165, 1.54) is 0 Å². The van der Waals surface area contributed by atoms with Crippen LogP contribution in [0.15, 0.2) is 36.7 Å². The van der Waals surface area contributed by atoms with E-state index in [2.05, 4.69) is 26.9 Å². The molecule has 3 aromatic rings. The zero-order valence-electron chi connectivity index (χ0n) is 15.8. The minimum Gasteiger partial charge on any atom is -0.288 e. The average molecular weight is 389 g/mol. The molecular weight excluding hydrogens is 367 g/mol. The summed E-state index contributed by atoms with van der Waals surface area (Å²) in [6.07, 6.45) is 1.32. The molecule has 1 saturated heterocycles. The molecule has 1 aliphatic rings. The third-order valence-corrected chi connectivity index (χ3v) is 5.47. The Labute approximate surface area is 161 Å². The van der Waals surface area contributed by atoms with E-state index in [4.69, 9.17) is 0 Å². The second kappa shape index (κ2) is 7.16. The molecule has 28 heavy (non-hydrogen) atoms. The van der Waals surface area contributed by atoms with Gasteiger partial charge in [0.1, 0.15) is 5.69 Å². The Morgan fingerprint density at radius 2 is 1.96 bits per heavy atom. The number of aryl methyl sites for hydroxylation is 1. The number of halogens is 3. The van der Waals surface area contributed by atoms with E-state index >= 15 is 0 Å². The third-order valence-electron chi connectivity index (χ3n) is 5.47. The molecule has 4 heterocycles. The number of pyridine rings is 1. The monoisotopic (exact) mass is 389 g/mol. The Morgan fingerprint density at radius 3 is 2.64 bits per heavy atom. The van der Waals surface area contributed by atoms with Gasteiger partial charge in [0.25, 0.3) is 0 Å². The van der Waals surface area contributed by atoms with Crippen molar-refractivity contribution in [1.82, 2.24) is 24.5 Å². The molecule has 0 radical (unpaired) electrons. The van der Waals surface area contributed by atoms with E-state index in [1.54, 1.807) is 25.4 Å². The zero-order chi connectivity index (χ0) is 19.9. The number of hydrogen-bond acceptors (Lipinski definition) is 4. The lowest BCUT2D eigenvalue weighted by Crippen LogP contribution is -2.27. The molecule has 0 bridgehead atoms. The molecule has 0 N–H and O–H groups in total. The average Bonchev–Trinajstić information content (AvgIpc) is 3.32. The highest BCUT2D eigenvalue weighted by Crippen LogP contribution is 2.39. The quantitative estimate of drug-likeness (QED) is 0.654. The van der Waals surface area contributed by atoms with Gasteiger partial charge in [-0.05, 0) is 56.5 Å². The van der Waals surface area contributed by atoms with Gasteiger partial charge in [0.05, 0.1) is 11.7 Å². The van der Waals surface area contributed by atoms with Gasteiger partial charge in [-0.2, -0.15) is 18.3 Å². The molecule has 1 fully saturated rings. The number of alkyl halides is 3. The van der Waals surface area contributed by atoms with Crippen molar-refractivity contribution in [2.75, 3.05) is 6.54 Å². The van der Waals surface area contributed by atoms with Gasteiger partial charge in [0.15, 0.2) is 5.65 Å². The standard InChI is InChI=1S/C20H22F3N5/c1-3-15-11-18(20(21,22)23)28-19(25-15)12-16(26-28)17-5-4-10-27(17)13(2)14-6-8-24-9-7-14/h6-9,11-13,17H,3-5,10H2,1-2H3/t13-,17+/m1/s1. The molecular formula is C20H22F3N5. The van der Waals surface area contributed by atoms with Crippen LogP contribution >= 0.6 is 0 Å². The van der Waals surface area contributed by atoms with E-state index in [-0.39, 0.29) is 17.7 Å². The maximum Gasteiger partial charge on any atom is 0.433 e. The lowest BCUT2D eigenvalue weighted by molar-refractivity contribution is -0.142. The van der Waals surface area contributed by atoms with Crippen LogP contribution in [-0.4, -0.2) is 31.0 Å². The first-order valence-electron chi connectivity index (χ1n) is 9.51. The van der Waals surface area contributed by atoms with E-state index < -0.39 is 11.9 Å². The van der Waals surface area contributed by atoms with Crippen LogP contribution < -0.4 is 0 Å². The number of hydrogen-bond donors (Lipinski definition) is 0. The van der Waals surface area contributed by atoms with Crippen LogP contribution in [-0.2, 0) is 12.6 Å². The fraction of sp³-hybridized carbons (Fsp3) is 0.450. The molecule has 0 spiro atoms. The van der Waals surface area contributed by atoms with Gasteiger partial charge in [-0.1, -0.05) is 6.92 Å². The Kier molecular flexibility index (Phi) is 4.82. The highest BCUT2D eigenvalue weighted by molar-refractivity contribution is 5.43. The fourth-order valence-electron chi connectivity index (χ4n) is 3.99. The van der Waals surface area contributed by atoms with Crippen LogP contribution in [0, 0.1) is 0 Å². The molecule has 148 valence electrons. The van der Waals surface area contributed by atoms with Crippen molar-refractivity contribution in [2.24, 2.45) is 0 Å². The summed E-state index contributed by atoms with van der Waals surface area (Å²) >= 11 is 0. The van der Waals surface area contributed by atoms with Crippen molar-refractivity contribution >= 4 is 5.65 Å². The van der Waals surface area contributed by atoms with Crippen molar-refractivity contribution in [3.63, 3.8) is 0 Å². The number of aromatic nitrogens is 4. The summed E-state index contributed by atoms with van der Waals surface area (Å²) in [6, 6.07) is 6.84. The topological polar surface area (TPSA) is 46.3 Å². The van der Waals surface area contributed by atoms with Crippen molar-refractivity contribution in [3.8, 4) is 0 Å². The van der Waals surface area contributed by atoms with Crippen LogP contribution in [0.1, 0.15) is 61.4 Å². The van der Waals surface area contributed by atoms with Crippen molar-refractivity contribution in [3.05, 3.63) is 59.3 Å². The SMILES string of the molecule is CCc1cc(C(F)(F)F)n2nc([C@@H]3CCCN3[C@H](C)c3ccncc3)cc2n1.